The zero-order chi connectivity index (χ0) is 27.1. The van der Waals surface area contributed by atoms with E-state index in [0.717, 1.165) is 61.2 Å². The van der Waals surface area contributed by atoms with Crippen molar-refractivity contribution in [2.75, 3.05) is 26.2 Å². The first-order valence-corrected chi connectivity index (χ1v) is 14.3. The molecule has 0 N–H and O–H groups in total. The zero-order valence-electron chi connectivity index (χ0n) is 21.1. The molecule has 1 amide bonds. The molecule has 0 bridgehead atoms. The molecule has 3 aliphatic heterocycles. The van der Waals surface area contributed by atoms with Gasteiger partial charge >= 0.3 is 6.18 Å². The van der Waals surface area contributed by atoms with E-state index in [0.29, 0.717) is 16.5 Å². The first kappa shape index (κ1) is 26.4. The Balaban J connectivity index is 1.18. The van der Waals surface area contributed by atoms with Crippen molar-refractivity contribution in [2.24, 2.45) is 4.99 Å². The summed E-state index contributed by atoms with van der Waals surface area (Å²) < 4.78 is 42.2. The largest absolute Gasteiger partial charge is 0.416 e. The Kier molecular flexibility index (Phi) is 7.20. The highest BCUT2D eigenvalue weighted by atomic mass is 35.5. The number of amides is 1. The van der Waals surface area contributed by atoms with E-state index >= 15 is 0 Å². The second-order valence-electron chi connectivity index (χ2n) is 10.2. The van der Waals surface area contributed by atoms with Crippen LogP contribution in [0.4, 0.5) is 13.2 Å². The molecule has 1 aromatic heterocycles. The maximum absolute atomic E-state index is 13.5. The van der Waals surface area contributed by atoms with Crippen LogP contribution in [0.2, 0.25) is 5.02 Å². The van der Waals surface area contributed by atoms with Crippen LogP contribution in [0.3, 0.4) is 0 Å². The fraction of sp³-hybridized carbons (Fsp3) is 0.393. The van der Waals surface area contributed by atoms with Crippen LogP contribution in [-0.4, -0.2) is 62.9 Å². The molecule has 0 radical (unpaired) electrons. The molecular formula is C28H27ClF3N5OS. The number of carbonyl (C=O) groups excluding carboxylic acids is 1. The van der Waals surface area contributed by atoms with Crippen molar-refractivity contribution in [3.63, 3.8) is 0 Å². The highest BCUT2D eigenvalue weighted by molar-refractivity contribution is 8.18. The Morgan fingerprint density at radius 3 is 2.69 bits per heavy atom. The maximum atomic E-state index is 13.5. The van der Waals surface area contributed by atoms with Crippen LogP contribution < -0.4 is 0 Å². The fourth-order valence-corrected chi connectivity index (χ4v) is 6.83. The summed E-state index contributed by atoms with van der Waals surface area (Å²) >= 11 is 7.24. The third kappa shape index (κ3) is 5.60. The van der Waals surface area contributed by atoms with Crippen molar-refractivity contribution < 1.29 is 18.0 Å². The van der Waals surface area contributed by atoms with Gasteiger partial charge in [0.25, 0.3) is 5.91 Å². The van der Waals surface area contributed by atoms with Crippen LogP contribution in [-0.2, 0) is 17.5 Å². The van der Waals surface area contributed by atoms with Gasteiger partial charge in [0.2, 0.25) is 0 Å². The Labute approximate surface area is 233 Å². The zero-order valence-corrected chi connectivity index (χ0v) is 22.7. The van der Waals surface area contributed by atoms with Crippen molar-refractivity contribution in [3.05, 3.63) is 69.2 Å². The van der Waals surface area contributed by atoms with Crippen molar-refractivity contribution in [1.29, 1.82) is 0 Å². The third-order valence-corrected chi connectivity index (χ3v) is 8.82. The van der Waals surface area contributed by atoms with Crippen molar-refractivity contribution in [3.8, 4) is 0 Å². The van der Waals surface area contributed by atoms with Gasteiger partial charge < -0.3 is 9.80 Å². The standard InChI is InChI=1S/C28H27ClF3N5OS/c29-21-7-6-19(23(14-21)28(30,31)32)16-37-24-8-5-18(12-20(24)15-33-37)13-25-26(38)34-27(39-25)36-11-3-4-22(36)17-35-9-1-2-10-35/h5-8,12-15,22H,1-4,9-11,16-17H2. The SMILES string of the molecule is O=C1N=C(N2CCCC2CN2CCCC2)SC1=Cc1ccc2c(cnn2Cc2ccc(Cl)cc2C(F)(F)F)c1. The van der Waals surface area contributed by atoms with Gasteiger partial charge in [-0.1, -0.05) is 23.7 Å². The lowest BCUT2D eigenvalue weighted by atomic mass is 10.1. The molecule has 4 heterocycles. The third-order valence-electron chi connectivity index (χ3n) is 7.56. The molecule has 2 saturated heterocycles. The number of aliphatic imine (C=N–C) groups is 1. The molecule has 1 unspecified atom stereocenters. The van der Waals surface area contributed by atoms with Crippen LogP contribution in [0.15, 0.2) is 52.5 Å². The quantitative estimate of drug-likeness (QED) is 0.336. The number of fused-ring (bicyclic) bond motifs is 1. The molecule has 2 fully saturated rings. The predicted molar refractivity (Wildman–Crippen MR) is 149 cm³/mol. The molecule has 3 aliphatic rings. The molecule has 0 spiro atoms. The number of nitrogens with zero attached hydrogens (tertiary/aromatic N) is 5. The lowest BCUT2D eigenvalue weighted by Gasteiger charge is -2.29. The van der Waals surface area contributed by atoms with Gasteiger partial charge in [-0.15, -0.1) is 0 Å². The second-order valence-corrected chi connectivity index (χ2v) is 11.7. The van der Waals surface area contributed by atoms with Crippen molar-refractivity contribution in [1.82, 2.24) is 19.6 Å². The van der Waals surface area contributed by atoms with E-state index in [1.54, 1.807) is 6.20 Å². The van der Waals surface area contributed by atoms with Crippen LogP contribution >= 0.6 is 23.4 Å². The average molecular weight is 574 g/mol. The molecular weight excluding hydrogens is 547 g/mol. The normalized spacial score (nSPS) is 21.6. The minimum Gasteiger partial charge on any atom is -0.347 e. The van der Waals surface area contributed by atoms with Gasteiger partial charge in [0.05, 0.1) is 28.7 Å². The Bertz CT molecular complexity index is 1480. The van der Waals surface area contributed by atoms with Crippen LogP contribution in [0.25, 0.3) is 17.0 Å². The van der Waals surface area contributed by atoms with E-state index in [2.05, 4.69) is 19.9 Å². The Morgan fingerprint density at radius 2 is 1.90 bits per heavy atom. The minimum atomic E-state index is -4.52. The number of aromatic nitrogens is 2. The van der Waals surface area contributed by atoms with E-state index in [1.165, 1.54) is 41.4 Å². The lowest BCUT2D eigenvalue weighted by molar-refractivity contribution is -0.138. The number of likely N-dealkylation sites (tertiary alicyclic amines) is 2. The lowest BCUT2D eigenvalue weighted by Crippen LogP contribution is -2.41. The number of hydrogen-bond acceptors (Lipinski definition) is 5. The molecule has 1 atom stereocenters. The molecule has 204 valence electrons. The summed E-state index contributed by atoms with van der Waals surface area (Å²) in [5.74, 6) is -0.236. The molecule has 2 aromatic carbocycles. The van der Waals surface area contributed by atoms with Gasteiger partial charge in [-0.2, -0.15) is 23.3 Å². The summed E-state index contributed by atoms with van der Waals surface area (Å²) in [5.41, 5.74) is 0.829. The molecule has 6 rings (SSSR count). The van der Waals surface area contributed by atoms with Crippen molar-refractivity contribution in [2.45, 2.75) is 44.4 Å². The molecule has 39 heavy (non-hydrogen) atoms. The average Bonchev–Trinajstić information content (AvgIpc) is 3.69. The summed E-state index contributed by atoms with van der Waals surface area (Å²) in [7, 11) is 0. The van der Waals surface area contributed by atoms with E-state index < -0.39 is 11.7 Å². The van der Waals surface area contributed by atoms with Gasteiger partial charge in [0.1, 0.15) is 0 Å². The number of benzene rings is 2. The molecule has 11 heteroatoms. The summed E-state index contributed by atoms with van der Waals surface area (Å²) in [6.45, 7) is 4.19. The van der Waals surface area contributed by atoms with Gasteiger partial charge in [-0.3, -0.25) is 9.48 Å². The second kappa shape index (κ2) is 10.6. The van der Waals surface area contributed by atoms with E-state index in [4.69, 9.17) is 11.6 Å². The minimum absolute atomic E-state index is 0.0346. The van der Waals surface area contributed by atoms with E-state index in [9.17, 15) is 18.0 Å². The van der Waals surface area contributed by atoms with E-state index in [-0.39, 0.29) is 23.0 Å². The number of hydrogen-bond donors (Lipinski definition) is 0. The molecule has 3 aromatic rings. The highest BCUT2D eigenvalue weighted by Crippen LogP contribution is 2.36. The Hall–Kier alpha value is -2.82. The first-order chi connectivity index (χ1) is 18.7. The number of alkyl halides is 3. The van der Waals surface area contributed by atoms with Crippen LogP contribution in [0.1, 0.15) is 42.4 Å². The van der Waals surface area contributed by atoms with E-state index in [1.807, 2.05) is 24.3 Å². The monoisotopic (exact) mass is 573 g/mol. The molecule has 0 aliphatic carbocycles. The summed E-state index contributed by atoms with van der Waals surface area (Å²) in [6, 6.07) is 9.71. The summed E-state index contributed by atoms with van der Waals surface area (Å²) in [4.78, 5) is 22.5. The summed E-state index contributed by atoms with van der Waals surface area (Å²) in [6.07, 6.45) is 3.67. The van der Waals surface area contributed by atoms with Gasteiger partial charge in [-0.05, 0) is 92.0 Å². The fourth-order valence-electron chi connectivity index (χ4n) is 5.65. The molecule has 0 saturated carbocycles. The summed E-state index contributed by atoms with van der Waals surface area (Å²) in [5, 5.41) is 5.92. The van der Waals surface area contributed by atoms with Gasteiger partial charge in [0, 0.05) is 29.5 Å². The van der Waals surface area contributed by atoms with Crippen LogP contribution in [0, 0.1) is 0 Å². The number of thioether (sulfide) groups is 1. The van der Waals surface area contributed by atoms with Gasteiger partial charge in [-0.25, -0.2) is 0 Å². The predicted octanol–water partition coefficient (Wildman–Crippen LogP) is 6.29. The number of rotatable bonds is 5. The molecule has 6 nitrogen and oxygen atoms in total. The number of halogens is 4. The smallest absolute Gasteiger partial charge is 0.347 e. The Morgan fingerprint density at radius 1 is 1.08 bits per heavy atom. The first-order valence-electron chi connectivity index (χ1n) is 13.1. The number of amidine groups is 1. The topological polar surface area (TPSA) is 53.7 Å². The van der Waals surface area contributed by atoms with Gasteiger partial charge in [0.15, 0.2) is 5.17 Å². The number of carbonyl (C=O) groups is 1. The highest BCUT2D eigenvalue weighted by Gasteiger charge is 2.35. The maximum Gasteiger partial charge on any atom is 0.416 e. The van der Waals surface area contributed by atoms with Crippen molar-refractivity contribution >= 4 is 51.4 Å². The van der Waals surface area contributed by atoms with Crippen LogP contribution in [0.5, 0.6) is 0 Å².